The normalized spacial score (nSPS) is 15.2. The maximum atomic E-state index is 11.3. The van der Waals surface area contributed by atoms with Gasteiger partial charge in [-0.2, -0.15) is 0 Å². The van der Waals surface area contributed by atoms with E-state index in [2.05, 4.69) is 10.2 Å². The zero-order valence-corrected chi connectivity index (χ0v) is 8.47. The van der Waals surface area contributed by atoms with Crippen molar-refractivity contribution < 1.29 is 4.79 Å². The number of hydrogen-bond donors (Lipinski definition) is 1. The zero-order chi connectivity index (χ0) is 9.68. The molecular formula is C10H18N2O. The number of allylic oxidation sites excluding steroid dienone is 1. The molecular weight excluding hydrogens is 164 g/mol. The van der Waals surface area contributed by atoms with Gasteiger partial charge in [0.1, 0.15) is 0 Å². The molecule has 0 aromatic rings. The quantitative estimate of drug-likeness (QED) is 0.637. The zero-order valence-electron chi connectivity index (χ0n) is 8.47. The second-order valence-electron chi connectivity index (χ2n) is 3.68. The smallest absolute Gasteiger partial charge is 0.246 e. The number of carbonyl (C=O) groups is 1. The van der Waals surface area contributed by atoms with Gasteiger partial charge in [0.25, 0.3) is 0 Å². The molecule has 0 fully saturated rings. The molecule has 1 aliphatic rings. The number of carbonyl (C=O) groups excluding carboxylic acids is 1. The van der Waals surface area contributed by atoms with Crippen LogP contribution in [0.3, 0.4) is 0 Å². The molecule has 0 aromatic heterocycles. The van der Waals surface area contributed by atoms with Crippen LogP contribution < -0.4 is 5.32 Å². The highest BCUT2D eigenvalue weighted by atomic mass is 16.1. The van der Waals surface area contributed by atoms with Crippen LogP contribution in [-0.2, 0) is 4.79 Å². The topological polar surface area (TPSA) is 32.3 Å². The Morgan fingerprint density at radius 3 is 2.77 bits per heavy atom. The van der Waals surface area contributed by atoms with Gasteiger partial charge in [0, 0.05) is 12.1 Å². The lowest BCUT2D eigenvalue weighted by Gasteiger charge is -2.14. The van der Waals surface area contributed by atoms with Gasteiger partial charge < -0.3 is 10.2 Å². The van der Waals surface area contributed by atoms with Crippen molar-refractivity contribution in [2.24, 2.45) is 0 Å². The Bertz CT molecular complexity index is 209. The number of amides is 1. The molecule has 1 rings (SSSR count). The highest BCUT2D eigenvalue weighted by molar-refractivity contribution is 5.94. The van der Waals surface area contributed by atoms with E-state index in [0.717, 1.165) is 37.9 Å². The molecule has 3 nitrogen and oxygen atoms in total. The van der Waals surface area contributed by atoms with E-state index in [1.54, 1.807) is 0 Å². The summed E-state index contributed by atoms with van der Waals surface area (Å²) in [7, 11) is 4.08. The van der Waals surface area contributed by atoms with Crippen LogP contribution in [0.2, 0.25) is 0 Å². The van der Waals surface area contributed by atoms with Crippen molar-refractivity contribution >= 4 is 5.91 Å². The fourth-order valence-corrected chi connectivity index (χ4v) is 1.21. The van der Waals surface area contributed by atoms with Crippen LogP contribution >= 0.6 is 0 Å². The van der Waals surface area contributed by atoms with Gasteiger partial charge in [0.15, 0.2) is 0 Å². The molecule has 1 N–H and O–H groups in total. The summed E-state index contributed by atoms with van der Waals surface area (Å²) in [6, 6.07) is 0. The molecule has 13 heavy (non-hydrogen) atoms. The Morgan fingerprint density at radius 1 is 1.62 bits per heavy atom. The molecule has 0 aromatic carbocycles. The lowest BCUT2D eigenvalue weighted by Crippen LogP contribution is -2.29. The first-order chi connectivity index (χ1) is 6.20. The molecule has 1 aliphatic carbocycles. The van der Waals surface area contributed by atoms with Crippen molar-refractivity contribution in [1.29, 1.82) is 0 Å². The van der Waals surface area contributed by atoms with Crippen molar-refractivity contribution in [2.45, 2.75) is 19.3 Å². The summed E-state index contributed by atoms with van der Waals surface area (Å²) in [5.74, 6) is 0.130. The second kappa shape index (κ2) is 5.02. The van der Waals surface area contributed by atoms with Crippen LogP contribution in [-0.4, -0.2) is 38.0 Å². The van der Waals surface area contributed by atoms with Gasteiger partial charge in [-0.05, 0) is 39.9 Å². The van der Waals surface area contributed by atoms with E-state index in [0.29, 0.717) is 0 Å². The lowest BCUT2D eigenvalue weighted by atomic mass is 9.98. The Hall–Kier alpha value is -0.830. The Kier molecular flexibility index (Phi) is 3.96. The molecule has 0 radical (unpaired) electrons. The van der Waals surface area contributed by atoms with Gasteiger partial charge in [-0.1, -0.05) is 6.08 Å². The minimum atomic E-state index is 0.130. The summed E-state index contributed by atoms with van der Waals surface area (Å²) in [6.07, 6.45) is 5.05. The van der Waals surface area contributed by atoms with Gasteiger partial charge in [-0.25, -0.2) is 0 Å². The van der Waals surface area contributed by atoms with E-state index in [9.17, 15) is 4.79 Å². The molecule has 0 unspecified atom stereocenters. The first kappa shape index (κ1) is 10.3. The average Bonchev–Trinajstić information content (AvgIpc) is 1.94. The molecule has 0 atom stereocenters. The van der Waals surface area contributed by atoms with Gasteiger partial charge in [0.05, 0.1) is 0 Å². The third-order valence-corrected chi connectivity index (χ3v) is 2.16. The van der Waals surface area contributed by atoms with Crippen molar-refractivity contribution in [1.82, 2.24) is 10.2 Å². The van der Waals surface area contributed by atoms with Crippen LogP contribution in [0.4, 0.5) is 0 Å². The molecule has 0 aliphatic heterocycles. The second-order valence-corrected chi connectivity index (χ2v) is 3.68. The fraction of sp³-hybridized carbons (Fsp3) is 0.700. The summed E-state index contributed by atoms with van der Waals surface area (Å²) in [4.78, 5) is 13.4. The van der Waals surface area contributed by atoms with E-state index in [1.807, 2.05) is 20.2 Å². The predicted molar refractivity (Wildman–Crippen MR) is 53.5 cm³/mol. The molecule has 0 saturated carbocycles. The number of hydrogen-bond acceptors (Lipinski definition) is 2. The molecule has 0 spiro atoms. The molecule has 74 valence electrons. The maximum Gasteiger partial charge on any atom is 0.246 e. The van der Waals surface area contributed by atoms with E-state index in [1.165, 1.54) is 0 Å². The summed E-state index contributed by atoms with van der Waals surface area (Å²) in [5, 5.41) is 2.91. The lowest BCUT2D eigenvalue weighted by molar-refractivity contribution is -0.117. The van der Waals surface area contributed by atoms with Crippen LogP contribution in [0.5, 0.6) is 0 Å². The molecule has 3 heteroatoms. The molecule has 1 amide bonds. The minimum Gasteiger partial charge on any atom is -0.352 e. The van der Waals surface area contributed by atoms with Gasteiger partial charge in [-0.15, -0.1) is 0 Å². The Morgan fingerprint density at radius 2 is 2.31 bits per heavy atom. The number of nitrogens with zero attached hydrogens (tertiary/aromatic N) is 1. The maximum absolute atomic E-state index is 11.3. The first-order valence-electron chi connectivity index (χ1n) is 4.82. The van der Waals surface area contributed by atoms with Crippen molar-refractivity contribution in [3.63, 3.8) is 0 Å². The van der Waals surface area contributed by atoms with E-state index < -0.39 is 0 Å². The van der Waals surface area contributed by atoms with Crippen LogP contribution in [0.25, 0.3) is 0 Å². The third-order valence-electron chi connectivity index (χ3n) is 2.16. The van der Waals surface area contributed by atoms with Gasteiger partial charge >= 0.3 is 0 Å². The fourth-order valence-electron chi connectivity index (χ4n) is 1.21. The van der Waals surface area contributed by atoms with Crippen LogP contribution in [0, 0.1) is 0 Å². The van der Waals surface area contributed by atoms with Crippen molar-refractivity contribution in [2.75, 3.05) is 27.2 Å². The Labute approximate surface area is 79.8 Å². The van der Waals surface area contributed by atoms with Gasteiger partial charge in [-0.3, -0.25) is 4.79 Å². The largest absolute Gasteiger partial charge is 0.352 e. The first-order valence-corrected chi connectivity index (χ1v) is 4.82. The highest BCUT2D eigenvalue weighted by Crippen LogP contribution is 2.17. The monoisotopic (exact) mass is 182 g/mol. The molecule has 0 saturated heterocycles. The molecule has 0 heterocycles. The third kappa shape index (κ3) is 3.59. The summed E-state index contributed by atoms with van der Waals surface area (Å²) >= 11 is 0. The summed E-state index contributed by atoms with van der Waals surface area (Å²) in [6.45, 7) is 1.81. The molecule has 0 bridgehead atoms. The van der Waals surface area contributed by atoms with Gasteiger partial charge in [0.2, 0.25) is 5.91 Å². The van der Waals surface area contributed by atoms with Crippen LogP contribution in [0.15, 0.2) is 11.6 Å². The average molecular weight is 182 g/mol. The highest BCUT2D eigenvalue weighted by Gasteiger charge is 2.13. The standard InChI is InChI=1S/C10H18N2O/c1-12(2)8-4-7-11-10(13)9-5-3-6-9/h5H,3-4,6-8H2,1-2H3,(H,11,13). The number of rotatable bonds is 5. The van der Waals surface area contributed by atoms with Crippen molar-refractivity contribution in [3.8, 4) is 0 Å². The summed E-state index contributed by atoms with van der Waals surface area (Å²) < 4.78 is 0. The van der Waals surface area contributed by atoms with Crippen molar-refractivity contribution in [3.05, 3.63) is 11.6 Å². The van der Waals surface area contributed by atoms with Crippen LogP contribution in [0.1, 0.15) is 19.3 Å². The predicted octanol–water partition coefficient (Wildman–Crippen LogP) is 0.774. The number of nitrogens with one attached hydrogen (secondary N) is 1. The minimum absolute atomic E-state index is 0.130. The van der Waals surface area contributed by atoms with E-state index >= 15 is 0 Å². The van der Waals surface area contributed by atoms with E-state index in [4.69, 9.17) is 0 Å². The SMILES string of the molecule is CN(C)CCCNC(=O)C1=CCC1. The Balaban J connectivity index is 2.02. The summed E-state index contributed by atoms with van der Waals surface area (Å²) in [5.41, 5.74) is 0.963. The van der Waals surface area contributed by atoms with E-state index in [-0.39, 0.29) is 5.91 Å².